The summed E-state index contributed by atoms with van der Waals surface area (Å²) in [5.41, 5.74) is -0.797. The minimum absolute atomic E-state index is 0.00252. The second kappa shape index (κ2) is 8.47. The summed E-state index contributed by atoms with van der Waals surface area (Å²) in [4.78, 5) is 26.6. The van der Waals surface area contributed by atoms with Crippen LogP contribution >= 0.6 is 0 Å². The highest BCUT2D eigenvalue weighted by atomic mass is 16.3. The predicted molar refractivity (Wildman–Crippen MR) is 133 cm³/mol. The lowest BCUT2D eigenvalue weighted by Crippen LogP contribution is -2.61. The summed E-state index contributed by atoms with van der Waals surface area (Å²) < 4.78 is 0. The van der Waals surface area contributed by atoms with Crippen molar-refractivity contribution in [2.45, 2.75) is 118 Å². The fourth-order valence-electron chi connectivity index (χ4n) is 9.29. The van der Waals surface area contributed by atoms with Gasteiger partial charge in [0.05, 0.1) is 24.4 Å². The Hall–Kier alpha value is -1.08. The Morgan fingerprint density at radius 3 is 2.23 bits per heavy atom. The number of fused-ring (bicyclic) bond motifs is 4. The van der Waals surface area contributed by atoms with Gasteiger partial charge in [0.15, 0.2) is 5.78 Å². The standard InChI is InChI=1S/C29H46O6/c1-15(10-17(31)11-16(2)30)18-12-23(35)29(7)25-19(32)13-21-26(3,4)22(34)8-9-27(21,5)24(25)20(33)14-28(18,29)6/h15-16,18-19,21-23,30,32,34-35H,8-14H2,1-7H3/t15-,16?,18-,19+,21+,22+,23+,27+,28-,29+/m1/s1. The largest absolute Gasteiger partial charge is 0.393 e. The molecule has 0 bridgehead atoms. The first-order valence-corrected chi connectivity index (χ1v) is 13.5. The number of carbonyl (C=O) groups excluding carboxylic acids is 2. The van der Waals surface area contributed by atoms with E-state index < -0.39 is 46.1 Å². The van der Waals surface area contributed by atoms with Gasteiger partial charge in [0.1, 0.15) is 5.78 Å². The third kappa shape index (κ3) is 3.65. The summed E-state index contributed by atoms with van der Waals surface area (Å²) in [5, 5.41) is 43.6. The number of aliphatic hydroxyl groups excluding tert-OH is 4. The van der Waals surface area contributed by atoms with E-state index in [4.69, 9.17) is 0 Å². The molecular formula is C29H46O6. The molecule has 2 fully saturated rings. The molecule has 0 aliphatic heterocycles. The van der Waals surface area contributed by atoms with Crippen molar-refractivity contribution in [2.75, 3.05) is 0 Å². The topological polar surface area (TPSA) is 115 Å². The fourth-order valence-corrected chi connectivity index (χ4v) is 9.29. The van der Waals surface area contributed by atoms with E-state index in [2.05, 4.69) is 13.8 Å². The Balaban J connectivity index is 1.79. The van der Waals surface area contributed by atoms with Crippen LogP contribution in [0.2, 0.25) is 0 Å². The summed E-state index contributed by atoms with van der Waals surface area (Å²) in [6.07, 6.45) is 0.243. The van der Waals surface area contributed by atoms with Crippen LogP contribution in [0, 0.1) is 39.4 Å². The van der Waals surface area contributed by atoms with E-state index in [9.17, 15) is 30.0 Å². The zero-order valence-corrected chi connectivity index (χ0v) is 22.6. The molecule has 4 aliphatic rings. The van der Waals surface area contributed by atoms with Gasteiger partial charge in [0.2, 0.25) is 0 Å². The SMILES string of the molecule is CC(O)CC(=O)C[C@@H](C)[C@H]1C[C@H](O)[C@@]2(C)C3=C(C(=O)C[C@]12C)[C@@]1(C)CC[C@H](O)C(C)(C)[C@@H]1C[C@@H]3O. The van der Waals surface area contributed by atoms with Gasteiger partial charge in [0, 0.05) is 30.3 Å². The molecule has 10 atom stereocenters. The van der Waals surface area contributed by atoms with Crippen molar-refractivity contribution in [1.29, 1.82) is 0 Å². The maximum atomic E-state index is 14.0. The average molecular weight is 491 g/mol. The fraction of sp³-hybridized carbons (Fsp3) is 0.862. The zero-order chi connectivity index (χ0) is 26.3. The second-order valence-corrected chi connectivity index (χ2v) is 13.7. The molecule has 0 aromatic heterocycles. The van der Waals surface area contributed by atoms with Crippen LogP contribution in [-0.2, 0) is 9.59 Å². The number of rotatable bonds is 5. The molecule has 2 saturated carbocycles. The monoisotopic (exact) mass is 490 g/mol. The minimum atomic E-state index is -0.846. The maximum Gasteiger partial charge on any atom is 0.160 e. The summed E-state index contributed by atoms with van der Waals surface area (Å²) in [5.74, 6) is -0.0839. The molecule has 4 rings (SSSR count). The molecule has 1 unspecified atom stereocenters. The Morgan fingerprint density at radius 1 is 1.00 bits per heavy atom. The summed E-state index contributed by atoms with van der Waals surface area (Å²) in [6.45, 7) is 13.9. The zero-order valence-electron chi connectivity index (χ0n) is 22.6. The highest BCUT2D eigenvalue weighted by Gasteiger charge is 2.69. The van der Waals surface area contributed by atoms with E-state index in [0.29, 0.717) is 37.7 Å². The van der Waals surface area contributed by atoms with E-state index in [1.165, 1.54) is 0 Å². The van der Waals surface area contributed by atoms with Gasteiger partial charge in [0.25, 0.3) is 0 Å². The van der Waals surface area contributed by atoms with Crippen LogP contribution in [-0.4, -0.2) is 56.4 Å². The van der Waals surface area contributed by atoms with Crippen molar-refractivity contribution in [3.63, 3.8) is 0 Å². The third-order valence-electron chi connectivity index (χ3n) is 11.4. The number of aliphatic hydroxyl groups is 4. The number of hydrogen-bond acceptors (Lipinski definition) is 6. The quantitative estimate of drug-likeness (QED) is 0.468. The van der Waals surface area contributed by atoms with Crippen molar-refractivity contribution in [3.8, 4) is 0 Å². The summed E-state index contributed by atoms with van der Waals surface area (Å²) >= 11 is 0. The number of hydrogen-bond donors (Lipinski definition) is 4. The Morgan fingerprint density at radius 2 is 1.63 bits per heavy atom. The normalized spacial score (nSPS) is 46.5. The van der Waals surface area contributed by atoms with E-state index in [-0.39, 0.29) is 42.2 Å². The molecule has 6 heteroatoms. The van der Waals surface area contributed by atoms with Gasteiger partial charge in [-0.25, -0.2) is 0 Å². The van der Waals surface area contributed by atoms with Crippen molar-refractivity contribution >= 4 is 11.6 Å². The molecule has 0 radical (unpaired) electrons. The highest BCUT2D eigenvalue weighted by Crippen LogP contribution is 2.71. The van der Waals surface area contributed by atoms with Gasteiger partial charge in [-0.2, -0.15) is 0 Å². The van der Waals surface area contributed by atoms with Gasteiger partial charge in [-0.05, 0) is 72.2 Å². The smallest absolute Gasteiger partial charge is 0.160 e. The van der Waals surface area contributed by atoms with Crippen molar-refractivity contribution in [1.82, 2.24) is 0 Å². The molecule has 4 aliphatic carbocycles. The van der Waals surface area contributed by atoms with Crippen molar-refractivity contribution in [3.05, 3.63) is 11.1 Å². The van der Waals surface area contributed by atoms with Gasteiger partial charge in [-0.1, -0.05) is 41.5 Å². The second-order valence-electron chi connectivity index (χ2n) is 13.7. The Kier molecular flexibility index (Phi) is 6.53. The van der Waals surface area contributed by atoms with Crippen molar-refractivity contribution in [2.24, 2.45) is 39.4 Å². The minimum Gasteiger partial charge on any atom is -0.393 e. The molecule has 0 aromatic carbocycles. The van der Waals surface area contributed by atoms with Gasteiger partial charge >= 0.3 is 0 Å². The van der Waals surface area contributed by atoms with Crippen LogP contribution in [0.25, 0.3) is 0 Å². The molecule has 0 heterocycles. The third-order valence-corrected chi connectivity index (χ3v) is 11.4. The number of ketones is 2. The van der Waals surface area contributed by atoms with Gasteiger partial charge in [-0.3, -0.25) is 9.59 Å². The predicted octanol–water partition coefficient (Wildman–Crippen LogP) is 3.58. The Bertz CT molecular complexity index is 935. The van der Waals surface area contributed by atoms with E-state index in [1.54, 1.807) is 6.92 Å². The number of carbonyl (C=O) groups is 2. The molecule has 4 N–H and O–H groups in total. The molecule has 0 spiro atoms. The number of Topliss-reactive ketones (excluding diaryl/α,β-unsaturated/α-hetero) is 2. The van der Waals surface area contributed by atoms with Crippen LogP contribution in [0.15, 0.2) is 11.1 Å². The lowest BCUT2D eigenvalue weighted by Gasteiger charge is -2.62. The lowest BCUT2D eigenvalue weighted by atomic mass is 9.42. The van der Waals surface area contributed by atoms with Crippen molar-refractivity contribution < 1.29 is 30.0 Å². The first-order valence-electron chi connectivity index (χ1n) is 13.5. The van der Waals surface area contributed by atoms with E-state index in [1.807, 2.05) is 27.7 Å². The van der Waals surface area contributed by atoms with E-state index in [0.717, 1.165) is 5.57 Å². The summed E-state index contributed by atoms with van der Waals surface area (Å²) in [6, 6.07) is 0. The van der Waals surface area contributed by atoms with Crippen LogP contribution in [0.4, 0.5) is 0 Å². The molecule has 0 amide bonds. The molecule has 6 nitrogen and oxygen atoms in total. The van der Waals surface area contributed by atoms with Crippen LogP contribution in [0.1, 0.15) is 93.4 Å². The highest BCUT2D eigenvalue weighted by molar-refractivity contribution is 6.00. The molecular weight excluding hydrogens is 444 g/mol. The molecule has 0 saturated heterocycles. The van der Waals surface area contributed by atoms with Crippen LogP contribution in [0.3, 0.4) is 0 Å². The first kappa shape index (κ1) is 27.0. The van der Waals surface area contributed by atoms with Crippen LogP contribution in [0.5, 0.6) is 0 Å². The van der Waals surface area contributed by atoms with Gasteiger partial charge < -0.3 is 20.4 Å². The maximum absolute atomic E-state index is 14.0. The van der Waals surface area contributed by atoms with E-state index >= 15 is 0 Å². The molecule has 198 valence electrons. The average Bonchev–Trinajstić information content (AvgIpc) is 2.93. The van der Waals surface area contributed by atoms with Crippen LogP contribution < -0.4 is 0 Å². The first-order chi connectivity index (χ1) is 16.0. The van der Waals surface area contributed by atoms with Gasteiger partial charge in [-0.15, -0.1) is 0 Å². The summed E-state index contributed by atoms with van der Waals surface area (Å²) in [7, 11) is 0. The Labute approximate surface area is 210 Å². The molecule has 35 heavy (non-hydrogen) atoms. The lowest BCUT2D eigenvalue weighted by molar-refractivity contribution is -0.140. The molecule has 0 aromatic rings. The number of allylic oxidation sites excluding steroid dienone is 1.